The van der Waals surface area contributed by atoms with Crippen LogP contribution in [0.3, 0.4) is 0 Å². The highest BCUT2D eigenvalue weighted by molar-refractivity contribution is 5.87. The van der Waals surface area contributed by atoms with Crippen molar-refractivity contribution in [3.05, 3.63) is 108 Å². The quantitative estimate of drug-likeness (QED) is 0.0372. The molecule has 18 heteroatoms. The molecule has 3 rings (SSSR count). The van der Waals surface area contributed by atoms with Gasteiger partial charge in [-0.25, -0.2) is 28.8 Å². The van der Waals surface area contributed by atoms with E-state index in [1.165, 1.54) is 0 Å². The smallest absolute Gasteiger partial charge is 0.408 e. The zero-order valence-electron chi connectivity index (χ0n) is 43.2. The number of amides is 3. The number of ketones is 2. The van der Waals surface area contributed by atoms with Crippen LogP contribution in [0.1, 0.15) is 124 Å². The Kier molecular flexibility index (Phi) is 24.4. The summed E-state index contributed by atoms with van der Waals surface area (Å²) >= 11 is 0. The van der Waals surface area contributed by atoms with E-state index < -0.39 is 71.1 Å². The van der Waals surface area contributed by atoms with Crippen LogP contribution in [-0.4, -0.2) is 107 Å². The molecular formula is C54H74N4O14. The molecule has 0 heterocycles. The maximum atomic E-state index is 13.8. The number of unbranched alkanes of at least 4 members (excludes halogenated alkanes) is 1. The fourth-order valence-electron chi connectivity index (χ4n) is 6.75. The highest BCUT2D eigenvalue weighted by Crippen LogP contribution is 2.16. The van der Waals surface area contributed by atoms with Gasteiger partial charge in [-0.2, -0.15) is 0 Å². The molecule has 3 N–H and O–H groups in total. The Morgan fingerprint density at radius 1 is 0.431 bits per heavy atom. The van der Waals surface area contributed by atoms with Crippen molar-refractivity contribution < 1.29 is 66.8 Å². The van der Waals surface area contributed by atoms with E-state index in [9.17, 15) is 38.4 Å². The number of rotatable bonds is 27. The number of alkyl carbamates (subject to hydrolysis) is 3. The van der Waals surface area contributed by atoms with Gasteiger partial charge < -0.3 is 44.4 Å². The first-order valence-electron chi connectivity index (χ1n) is 24.2. The molecule has 18 nitrogen and oxygen atoms in total. The van der Waals surface area contributed by atoms with Crippen LogP contribution in [0.15, 0.2) is 91.0 Å². The van der Waals surface area contributed by atoms with Crippen molar-refractivity contribution in [3.8, 4) is 0 Å². The lowest BCUT2D eigenvalue weighted by atomic mass is 10.1. The Bertz CT molecular complexity index is 2100. The van der Waals surface area contributed by atoms with Gasteiger partial charge in [-0.05, 0) is 118 Å². The summed E-state index contributed by atoms with van der Waals surface area (Å²) in [4.78, 5) is 108. The van der Waals surface area contributed by atoms with Crippen molar-refractivity contribution >= 4 is 47.8 Å². The Hall–Kier alpha value is -6.82. The van der Waals surface area contributed by atoms with Crippen molar-refractivity contribution in [1.82, 2.24) is 20.9 Å². The second-order valence-electron chi connectivity index (χ2n) is 20.2. The molecule has 0 aromatic heterocycles. The van der Waals surface area contributed by atoms with Gasteiger partial charge in [-0.3, -0.25) is 14.5 Å². The first kappa shape index (κ1) is 59.5. The molecule has 0 unspecified atom stereocenters. The highest BCUT2D eigenvalue weighted by Gasteiger charge is 2.31. The number of hydrogen-bond acceptors (Lipinski definition) is 15. The summed E-state index contributed by atoms with van der Waals surface area (Å²) in [6.45, 7) is 14.6. The Labute approximate surface area is 423 Å². The molecular weight excluding hydrogens is 929 g/mol. The average Bonchev–Trinajstić information content (AvgIpc) is 3.29. The Morgan fingerprint density at radius 3 is 1.01 bits per heavy atom. The van der Waals surface area contributed by atoms with Crippen LogP contribution in [0, 0.1) is 0 Å². The maximum absolute atomic E-state index is 13.8. The van der Waals surface area contributed by atoms with Gasteiger partial charge >= 0.3 is 36.2 Å². The summed E-state index contributed by atoms with van der Waals surface area (Å²) in [6.07, 6.45) is -2.52. The zero-order chi connectivity index (χ0) is 53.3. The van der Waals surface area contributed by atoms with E-state index in [0.717, 1.165) is 16.7 Å². The summed E-state index contributed by atoms with van der Waals surface area (Å²) in [6, 6.07) is 23.3. The van der Waals surface area contributed by atoms with Gasteiger partial charge in [0.15, 0.2) is 0 Å². The number of esters is 3. The molecule has 0 bridgehead atoms. The van der Waals surface area contributed by atoms with Crippen molar-refractivity contribution in [2.45, 2.75) is 162 Å². The molecule has 0 fully saturated rings. The summed E-state index contributed by atoms with van der Waals surface area (Å²) in [5, 5.41) is 7.66. The molecule has 394 valence electrons. The zero-order valence-corrected chi connectivity index (χ0v) is 43.2. The third-order valence-electron chi connectivity index (χ3n) is 10.0. The predicted molar refractivity (Wildman–Crippen MR) is 267 cm³/mol. The van der Waals surface area contributed by atoms with Crippen molar-refractivity contribution in [3.63, 3.8) is 0 Å². The normalized spacial score (nSPS) is 12.8. The molecule has 3 atom stereocenters. The lowest BCUT2D eigenvalue weighted by molar-refractivity contribution is -0.158. The van der Waals surface area contributed by atoms with Crippen LogP contribution >= 0.6 is 0 Å². The van der Waals surface area contributed by atoms with Crippen LogP contribution < -0.4 is 16.0 Å². The Balaban J connectivity index is 1.76. The van der Waals surface area contributed by atoms with E-state index in [0.29, 0.717) is 12.8 Å². The molecule has 0 aliphatic heterocycles. The summed E-state index contributed by atoms with van der Waals surface area (Å²) in [5.74, 6) is -2.96. The largest absolute Gasteiger partial charge is 0.458 e. The van der Waals surface area contributed by atoms with Crippen LogP contribution in [0.5, 0.6) is 0 Å². The maximum Gasteiger partial charge on any atom is 0.408 e. The van der Waals surface area contributed by atoms with Gasteiger partial charge in [0.2, 0.25) is 0 Å². The third kappa shape index (κ3) is 26.4. The number of carbonyl (C=O) groups is 8. The van der Waals surface area contributed by atoms with Crippen LogP contribution in [0.2, 0.25) is 0 Å². The molecule has 0 aliphatic rings. The molecule has 3 amide bonds. The molecule has 0 aliphatic carbocycles. The monoisotopic (exact) mass is 1000 g/mol. The molecule has 3 aromatic carbocycles. The van der Waals surface area contributed by atoms with Gasteiger partial charge in [-0.15, -0.1) is 0 Å². The molecule has 72 heavy (non-hydrogen) atoms. The number of hydrogen-bond donors (Lipinski definition) is 3. The molecule has 0 saturated carbocycles. The lowest BCUT2D eigenvalue weighted by Crippen LogP contribution is -2.45. The minimum Gasteiger partial charge on any atom is -0.458 e. The Morgan fingerprint density at radius 2 is 0.722 bits per heavy atom. The standard InChI is InChI=1S/C54H74N4O14/c1-52(2,3)70-46(61)43(55-49(64)67-35-38-21-13-10-14-22-38)27-19-20-32-58(33-41(59)28-30-44(47(62)71-53(4,5)6)56-50(65)68-36-39-23-15-11-16-24-39)34-42(60)29-31-45(48(63)72-54(7,8)9)57-51(66)69-37-40-25-17-12-18-26-40/h10-18,21-26,43-45H,19-20,27-37H2,1-9H3,(H,55,64)(H,56,65)(H,57,66)/t43-,44-,45-/m0/s1. The van der Waals surface area contributed by atoms with Crippen LogP contribution in [0.25, 0.3) is 0 Å². The second kappa shape index (κ2) is 29.5. The number of benzene rings is 3. The lowest BCUT2D eigenvalue weighted by Gasteiger charge is -2.26. The number of ether oxygens (including phenoxy) is 6. The summed E-state index contributed by atoms with van der Waals surface area (Å²) < 4.78 is 32.8. The molecule has 0 spiro atoms. The van der Waals surface area contributed by atoms with Crippen molar-refractivity contribution in [1.29, 1.82) is 0 Å². The van der Waals surface area contributed by atoms with E-state index >= 15 is 0 Å². The first-order valence-corrected chi connectivity index (χ1v) is 24.2. The minimum absolute atomic E-state index is 0.0232. The number of nitrogens with one attached hydrogen (secondary N) is 3. The first-order chi connectivity index (χ1) is 33.8. The van der Waals surface area contributed by atoms with Gasteiger partial charge in [0.05, 0.1) is 13.1 Å². The molecule has 0 saturated heterocycles. The van der Waals surface area contributed by atoms with Gasteiger partial charge in [0.25, 0.3) is 0 Å². The topological polar surface area (TPSA) is 231 Å². The van der Waals surface area contributed by atoms with Gasteiger partial charge in [0.1, 0.15) is 66.3 Å². The number of nitrogens with zero attached hydrogens (tertiary/aromatic N) is 1. The third-order valence-corrected chi connectivity index (χ3v) is 10.0. The summed E-state index contributed by atoms with van der Waals surface area (Å²) in [7, 11) is 0. The summed E-state index contributed by atoms with van der Waals surface area (Å²) in [5.41, 5.74) is -0.477. The predicted octanol–water partition coefficient (Wildman–Crippen LogP) is 8.07. The molecule has 0 radical (unpaired) electrons. The van der Waals surface area contributed by atoms with E-state index in [1.807, 2.05) is 18.2 Å². The van der Waals surface area contributed by atoms with Crippen LogP contribution in [-0.2, 0) is 72.2 Å². The fourth-order valence-corrected chi connectivity index (χ4v) is 6.75. The van der Waals surface area contributed by atoms with Crippen molar-refractivity contribution in [2.24, 2.45) is 0 Å². The number of carbonyl (C=O) groups excluding carboxylic acids is 8. The van der Waals surface area contributed by atoms with E-state index in [1.54, 1.807) is 140 Å². The SMILES string of the molecule is CC(C)(C)OC(=O)[C@H](CCCCN(CC(=O)CC[C@H](NC(=O)OCc1ccccc1)C(=O)OC(C)(C)C)CC(=O)CC[C@H](NC(=O)OCc1ccccc1)C(=O)OC(C)(C)C)NC(=O)OCc1ccccc1. The van der Waals surface area contributed by atoms with Crippen molar-refractivity contribution in [2.75, 3.05) is 19.6 Å². The second-order valence-corrected chi connectivity index (χ2v) is 20.2. The van der Waals surface area contributed by atoms with Gasteiger partial charge in [-0.1, -0.05) is 91.0 Å². The van der Waals surface area contributed by atoms with E-state index in [2.05, 4.69) is 16.0 Å². The minimum atomic E-state index is -1.25. The number of Topliss-reactive ketones (excluding diaryl/α,β-unsaturated/α-hetero) is 2. The average molecular weight is 1000 g/mol. The highest BCUT2D eigenvalue weighted by atomic mass is 16.6. The van der Waals surface area contributed by atoms with E-state index in [-0.39, 0.29) is 83.1 Å². The molecule has 3 aromatic rings. The van der Waals surface area contributed by atoms with Crippen LogP contribution in [0.4, 0.5) is 14.4 Å². The fraction of sp³-hybridized carbons (Fsp3) is 0.519. The van der Waals surface area contributed by atoms with Gasteiger partial charge in [0, 0.05) is 12.8 Å². The van der Waals surface area contributed by atoms with E-state index in [4.69, 9.17) is 28.4 Å².